The van der Waals surface area contributed by atoms with Gasteiger partial charge in [0.25, 0.3) is 5.91 Å². The Kier molecular flexibility index (Phi) is 11.4. The molecule has 1 aromatic heterocycles. The Hall–Kier alpha value is -3.73. The van der Waals surface area contributed by atoms with Gasteiger partial charge in [0, 0.05) is 57.9 Å². The van der Waals surface area contributed by atoms with Crippen LogP contribution in [0.15, 0.2) is 42.7 Å². The molecule has 6 rings (SSSR count). The minimum absolute atomic E-state index is 0.136. The summed E-state index contributed by atoms with van der Waals surface area (Å²) in [5, 5.41) is 10.2. The zero-order valence-corrected chi connectivity index (χ0v) is 29.3. The molecule has 0 bridgehead atoms. The number of nitrogens with one attached hydrogen (secondary N) is 2. The topological polar surface area (TPSA) is 126 Å². The van der Waals surface area contributed by atoms with Crippen molar-refractivity contribution in [1.29, 1.82) is 0 Å². The first-order valence-corrected chi connectivity index (χ1v) is 18.5. The molecule has 2 aromatic rings. The molecule has 49 heavy (non-hydrogen) atoms. The maximum absolute atomic E-state index is 14.2. The number of hydrogen-bond donors (Lipinski definition) is 2. The van der Waals surface area contributed by atoms with Crippen LogP contribution in [0.3, 0.4) is 0 Å². The predicted octanol–water partition coefficient (Wildman–Crippen LogP) is 4.02. The second-order valence-corrected chi connectivity index (χ2v) is 15.1. The van der Waals surface area contributed by atoms with Crippen molar-refractivity contribution in [3.05, 3.63) is 53.9 Å². The van der Waals surface area contributed by atoms with Crippen molar-refractivity contribution in [2.75, 3.05) is 39.8 Å². The van der Waals surface area contributed by atoms with E-state index in [4.69, 9.17) is 4.74 Å². The smallest absolute Gasteiger partial charge is 0.257 e. The van der Waals surface area contributed by atoms with Gasteiger partial charge in [-0.15, -0.1) is 0 Å². The summed E-state index contributed by atoms with van der Waals surface area (Å²) >= 11 is 0. The molecular formula is C38H54N6O5. The molecule has 3 atom stereocenters. The summed E-state index contributed by atoms with van der Waals surface area (Å²) in [5.74, 6) is -0.324. The molecule has 4 aliphatic rings. The van der Waals surface area contributed by atoms with Crippen molar-refractivity contribution in [2.45, 2.75) is 96.2 Å². The number of carbonyl (C=O) groups excluding carboxylic acids is 4. The third-order valence-corrected chi connectivity index (χ3v) is 11.5. The first-order chi connectivity index (χ1) is 23.7. The first kappa shape index (κ1) is 35.1. The van der Waals surface area contributed by atoms with Crippen LogP contribution in [-0.4, -0.2) is 95.2 Å². The molecule has 2 saturated heterocycles. The molecule has 266 valence electrons. The Morgan fingerprint density at radius 1 is 0.918 bits per heavy atom. The SMILES string of the molecule is CNC(=O)[C@@H](NC(=O)[C@H]1CN(C(=O)c2cnn(Cc3ccccc3)c2)CC12CN(C(=O)CC1CCCCC1)C2)[C@@H](C)OCC1CCCCC1. The summed E-state index contributed by atoms with van der Waals surface area (Å²) in [6, 6.07) is 9.07. The lowest BCUT2D eigenvalue weighted by molar-refractivity contribution is -0.151. The van der Waals surface area contributed by atoms with Gasteiger partial charge in [-0.1, -0.05) is 68.9 Å². The van der Waals surface area contributed by atoms with Gasteiger partial charge < -0.3 is 25.2 Å². The molecule has 0 unspecified atom stereocenters. The molecule has 11 heteroatoms. The van der Waals surface area contributed by atoms with Gasteiger partial charge in [0.15, 0.2) is 0 Å². The van der Waals surface area contributed by atoms with Gasteiger partial charge in [-0.3, -0.25) is 23.9 Å². The highest BCUT2D eigenvalue weighted by Crippen LogP contribution is 2.45. The Morgan fingerprint density at radius 3 is 2.24 bits per heavy atom. The summed E-state index contributed by atoms with van der Waals surface area (Å²) in [6.45, 7) is 4.36. The van der Waals surface area contributed by atoms with Gasteiger partial charge in [-0.2, -0.15) is 5.10 Å². The monoisotopic (exact) mass is 674 g/mol. The summed E-state index contributed by atoms with van der Waals surface area (Å²) in [6.07, 6.45) is 15.1. The van der Waals surface area contributed by atoms with Crippen molar-refractivity contribution in [2.24, 2.45) is 23.2 Å². The van der Waals surface area contributed by atoms with E-state index in [1.807, 2.05) is 42.2 Å². The van der Waals surface area contributed by atoms with Crippen LogP contribution in [0.5, 0.6) is 0 Å². The summed E-state index contributed by atoms with van der Waals surface area (Å²) < 4.78 is 7.95. The Bertz CT molecular complexity index is 1440. The molecule has 4 amide bonds. The highest BCUT2D eigenvalue weighted by Gasteiger charge is 2.59. The number of amides is 4. The van der Waals surface area contributed by atoms with Crippen molar-refractivity contribution in [1.82, 2.24) is 30.2 Å². The number of ether oxygens (including phenoxy) is 1. The molecule has 2 N–H and O–H groups in total. The maximum atomic E-state index is 14.2. The van der Waals surface area contributed by atoms with E-state index in [9.17, 15) is 19.2 Å². The zero-order chi connectivity index (χ0) is 34.4. The molecular weight excluding hydrogens is 620 g/mol. The molecule has 0 radical (unpaired) electrons. The molecule has 1 aromatic carbocycles. The summed E-state index contributed by atoms with van der Waals surface area (Å²) in [7, 11) is 1.56. The third-order valence-electron chi connectivity index (χ3n) is 11.5. The minimum atomic E-state index is -0.872. The maximum Gasteiger partial charge on any atom is 0.257 e. The van der Waals surface area contributed by atoms with E-state index in [2.05, 4.69) is 15.7 Å². The summed E-state index contributed by atoms with van der Waals surface area (Å²) in [5.41, 5.74) is 0.961. The summed E-state index contributed by atoms with van der Waals surface area (Å²) in [4.78, 5) is 58.1. The number of likely N-dealkylation sites (tertiary alicyclic amines) is 2. The highest BCUT2D eigenvalue weighted by molar-refractivity contribution is 5.95. The largest absolute Gasteiger partial charge is 0.376 e. The number of nitrogens with zero attached hydrogens (tertiary/aromatic N) is 4. The van der Waals surface area contributed by atoms with Crippen LogP contribution >= 0.6 is 0 Å². The minimum Gasteiger partial charge on any atom is -0.376 e. The fourth-order valence-electron chi connectivity index (χ4n) is 8.52. The molecule has 3 heterocycles. The normalized spacial score (nSPS) is 22.4. The molecule has 2 saturated carbocycles. The third kappa shape index (κ3) is 8.36. The molecule has 1 spiro atoms. The first-order valence-electron chi connectivity index (χ1n) is 18.5. The van der Waals surface area contributed by atoms with Crippen molar-refractivity contribution < 1.29 is 23.9 Å². The molecule has 11 nitrogen and oxygen atoms in total. The van der Waals surface area contributed by atoms with Crippen LogP contribution in [0.4, 0.5) is 0 Å². The average Bonchev–Trinajstić information content (AvgIpc) is 3.75. The van der Waals surface area contributed by atoms with E-state index in [1.165, 1.54) is 38.5 Å². The van der Waals surface area contributed by atoms with E-state index in [0.717, 1.165) is 31.2 Å². The number of rotatable bonds is 12. The van der Waals surface area contributed by atoms with Crippen molar-refractivity contribution in [3.8, 4) is 0 Å². The van der Waals surface area contributed by atoms with E-state index in [1.54, 1.807) is 29.0 Å². The Labute approximate surface area is 290 Å². The van der Waals surface area contributed by atoms with Gasteiger partial charge in [0.05, 0.1) is 30.3 Å². The van der Waals surface area contributed by atoms with Crippen molar-refractivity contribution in [3.63, 3.8) is 0 Å². The Morgan fingerprint density at radius 2 is 1.57 bits per heavy atom. The number of likely N-dealkylation sites (N-methyl/N-ethyl adjacent to an activating group) is 1. The number of benzene rings is 1. The van der Waals surface area contributed by atoms with Crippen LogP contribution in [0, 0.1) is 23.2 Å². The number of carbonyl (C=O) groups is 4. The van der Waals surface area contributed by atoms with Crippen LogP contribution < -0.4 is 10.6 Å². The predicted molar refractivity (Wildman–Crippen MR) is 185 cm³/mol. The van der Waals surface area contributed by atoms with E-state index in [0.29, 0.717) is 56.6 Å². The van der Waals surface area contributed by atoms with Gasteiger partial charge in [0.2, 0.25) is 17.7 Å². The second-order valence-electron chi connectivity index (χ2n) is 15.1. The van der Waals surface area contributed by atoms with Gasteiger partial charge in [-0.05, 0) is 50.0 Å². The highest BCUT2D eigenvalue weighted by atomic mass is 16.5. The standard InChI is InChI=1S/C38H54N6O5/c1-27(49-23-30-16-10-5-11-17-30)34(36(47)39-2)41-35(46)32-22-42(37(48)31-19-40-44(21-31)20-29-14-8-4-9-15-29)24-38(32)25-43(26-38)33(45)18-28-12-6-3-7-13-28/h4,8-9,14-15,19,21,27-28,30,32,34H,3,5-7,10-13,16-18,20,22-26H2,1-2H3,(H,39,47)(H,41,46)/t27-,32-,34+/m1/s1. The van der Waals surface area contributed by atoms with Gasteiger partial charge >= 0.3 is 0 Å². The second kappa shape index (κ2) is 15.9. The lowest BCUT2D eigenvalue weighted by Gasteiger charge is -2.50. The van der Waals surface area contributed by atoms with E-state index in [-0.39, 0.29) is 30.2 Å². The molecule has 4 fully saturated rings. The fraction of sp³-hybridized carbons (Fsp3) is 0.658. The van der Waals surface area contributed by atoms with Crippen LogP contribution in [-0.2, 0) is 25.7 Å². The van der Waals surface area contributed by atoms with Gasteiger partial charge in [0.1, 0.15) is 6.04 Å². The Balaban J connectivity index is 1.15. The quantitative estimate of drug-likeness (QED) is 0.351. The lowest BCUT2D eigenvalue weighted by atomic mass is 9.70. The van der Waals surface area contributed by atoms with Crippen LogP contribution in [0.2, 0.25) is 0 Å². The molecule has 2 aliphatic carbocycles. The van der Waals surface area contributed by atoms with E-state index < -0.39 is 23.5 Å². The molecule has 2 aliphatic heterocycles. The fourth-order valence-corrected chi connectivity index (χ4v) is 8.52. The van der Waals surface area contributed by atoms with Crippen LogP contribution in [0.25, 0.3) is 0 Å². The number of aromatic nitrogens is 2. The average molecular weight is 675 g/mol. The van der Waals surface area contributed by atoms with Crippen LogP contribution in [0.1, 0.15) is 93.5 Å². The zero-order valence-electron chi connectivity index (χ0n) is 29.3. The van der Waals surface area contributed by atoms with E-state index >= 15 is 0 Å². The lowest BCUT2D eigenvalue weighted by Crippen LogP contribution is -2.65. The van der Waals surface area contributed by atoms with Crippen molar-refractivity contribution >= 4 is 23.6 Å². The van der Waals surface area contributed by atoms with Gasteiger partial charge in [-0.25, -0.2) is 0 Å². The number of hydrogen-bond acceptors (Lipinski definition) is 6.